The lowest BCUT2D eigenvalue weighted by Gasteiger charge is -2.13. The van der Waals surface area contributed by atoms with Gasteiger partial charge in [-0.05, 0) is 53.9 Å². The summed E-state index contributed by atoms with van der Waals surface area (Å²) in [5.74, 6) is 0.694. The van der Waals surface area contributed by atoms with Crippen molar-refractivity contribution in [2.45, 2.75) is 12.8 Å². The van der Waals surface area contributed by atoms with Crippen molar-refractivity contribution in [2.24, 2.45) is 5.10 Å². The van der Waals surface area contributed by atoms with E-state index in [1.807, 2.05) is 30.3 Å². The minimum absolute atomic E-state index is 0.170. The van der Waals surface area contributed by atoms with E-state index in [4.69, 9.17) is 18.9 Å². The number of amides is 1. The van der Waals surface area contributed by atoms with Gasteiger partial charge in [0.2, 0.25) is 11.7 Å². The maximum Gasteiger partial charge on any atom is 0.343 e. The van der Waals surface area contributed by atoms with Gasteiger partial charge in [-0.3, -0.25) is 4.79 Å². The molecule has 1 N–H and O–H groups in total. The third-order valence-electron chi connectivity index (χ3n) is 4.88. The number of ether oxygens (including phenoxy) is 4. The maximum absolute atomic E-state index is 12.6. The quantitative estimate of drug-likeness (QED) is 0.212. The second-order valence-electron chi connectivity index (χ2n) is 7.15. The molecule has 0 saturated heterocycles. The molecule has 0 unspecified atom stereocenters. The van der Waals surface area contributed by atoms with Crippen LogP contribution in [-0.4, -0.2) is 39.4 Å². The van der Waals surface area contributed by atoms with Gasteiger partial charge in [-0.2, -0.15) is 5.10 Å². The summed E-state index contributed by atoms with van der Waals surface area (Å²) in [4.78, 5) is 24.5. The van der Waals surface area contributed by atoms with E-state index in [0.717, 1.165) is 11.1 Å². The van der Waals surface area contributed by atoms with Crippen LogP contribution in [0.15, 0.2) is 71.8 Å². The van der Waals surface area contributed by atoms with Crippen LogP contribution in [0.5, 0.6) is 23.0 Å². The summed E-state index contributed by atoms with van der Waals surface area (Å²) in [6.07, 6.45) is 2.51. The molecule has 3 rings (SSSR count). The van der Waals surface area contributed by atoms with Crippen molar-refractivity contribution in [1.82, 2.24) is 5.43 Å². The number of carbonyl (C=O) groups is 2. The van der Waals surface area contributed by atoms with Crippen LogP contribution >= 0.6 is 0 Å². The minimum Gasteiger partial charge on any atom is -0.493 e. The highest BCUT2D eigenvalue weighted by atomic mass is 16.5. The smallest absolute Gasteiger partial charge is 0.343 e. The van der Waals surface area contributed by atoms with Gasteiger partial charge in [0, 0.05) is 6.42 Å². The average Bonchev–Trinajstić information content (AvgIpc) is 2.88. The molecule has 0 fully saturated rings. The Hall–Kier alpha value is -4.33. The number of esters is 1. The molecule has 8 nitrogen and oxygen atoms in total. The number of hydrogen-bond acceptors (Lipinski definition) is 7. The van der Waals surface area contributed by atoms with Gasteiger partial charge in [0.15, 0.2) is 11.5 Å². The Labute approximate surface area is 198 Å². The fourth-order valence-corrected chi connectivity index (χ4v) is 3.12. The molecule has 0 heterocycles. The van der Waals surface area contributed by atoms with Crippen LogP contribution in [0.1, 0.15) is 27.9 Å². The standard InChI is InChI=1S/C26H26N2O6/c1-31-22-15-20(16-23(32-2)25(22)33-3)26(30)34-21-12-9-19(10-13-21)17-27-28-24(29)14-11-18-7-5-4-6-8-18/h4-10,12-13,15-17H,11,14H2,1-3H3,(H,28,29)/b27-17+. The Morgan fingerprint density at radius 2 is 1.53 bits per heavy atom. The minimum atomic E-state index is -0.577. The largest absolute Gasteiger partial charge is 0.493 e. The number of nitrogens with zero attached hydrogens (tertiary/aromatic N) is 1. The zero-order chi connectivity index (χ0) is 24.3. The molecule has 3 aromatic carbocycles. The van der Waals surface area contributed by atoms with E-state index < -0.39 is 5.97 Å². The van der Waals surface area contributed by atoms with E-state index in [1.54, 1.807) is 24.3 Å². The van der Waals surface area contributed by atoms with Crippen molar-refractivity contribution in [3.63, 3.8) is 0 Å². The normalized spacial score (nSPS) is 10.6. The molecule has 3 aromatic rings. The van der Waals surface area contributed by atoms with Gasteiger partial charge in [0.1, 0.15) is 5.75 Å². The lowest BCUT2D eigenvalue weighted by Crippen LogP contribution is -2.17. The number of nitrogens with one attached hydrogen (secondary N) is 1. The zero-order valence-electron chi connectivity index (χ0n) is 19.2. The molecule has 1 amide bonds. The third-order valence-corrected chi connectivity index (χ3v) is 4.88. The third kappa shape index (κ3) is 6.59. The molecule has 0 radical (unpaired) electrons. The highest BCUT2D eigenvalue weighted by molar-refractivity contribution is 5.93. The predicted octanol–water partition coefficient (Wildman–Crippen LogP) is 4.01. The summed E-state index contributed by atoms with van der Waals surface area (Å²) < 4.78 is 21.2. The van der Waals surface area contributed by atoms with Gasteiger partial charge in [-0.15, -0.1) is 0 Å². The van der Waals surface area contributed by atoms with Crippen molar-refractivity contribution < 1.29 is 28.5 Å². The van der Waals surface area contributed by atoms with Crippen LogP contribution in [0.3, 0.4) is 0 Å². The van der Waals surface area contributed by atoms with Crippen LogP contribution in [0.4, 0.5) is 0 Å². The topological polar surface area (TPSA) is 95.5 Å². The molecule has 0 aliphatic heterocycles. The van der Waals surface area contributed by atoms with Crippen molar-refractivity contribution in [3.8, 4) is 23.0 Å². The maximum atomic E-state index is 12.6. The van der Waals surface area contributed by atoms with Crippen LogP contribution in [0, 0.1) is 0 Å². The lowest BCUT2D eigenvalue weighted by molar-refractivity contribution is -0.121. The average molecular weight is 463 g/mol. The van der Waals surface area contributed by atoms with E-state index in [-0.39, 0.29) is 11.5 Å². The van der Waals surface area contributed by atoms with E-state index in [9.17, 15) is 9.59 Å². The SMILES string of the molecule is COc1cc(C(=O)Oc2ccc(/C=N/NC(=O)CCc3ccccc3)cc2)cc(OC)c1OC. The number of hydrogen-bond donors (Lipinski definition) is 1. The molecule has 8 heteroatoms. The molecule has 0 aliphatic rings. The Morgan fingerprint density at radius 3 is 2.12 bits per heavy atom. The van der Waals surface area contributed by atoms with E-state index >= 15 is 0 Å². The molecule has 34 heavy (non-hydrogen) atoms. The summed E-state index contributed by atoms with van der Waals surface area (Å²) in [5.41, 5.74) is 4.59. The van der Waals surface area contributed by atoms with Crippen LogP contribution in [0.25, 0.3) is 0 Å². The monoisotopic (exact) mass is 462 g/mol. The molecular formula is C26H26N2O6. The fraction of sp³-hybridized carbons (Fsp3) is 0.192. The fourth-order valence-electron chi connectivity index (χ4n) is 3.12. The highest BCUT2D eigenvalue weighted by Gasteiger charge is 2.18. The number of aryl methyl sites for hydroxylation is 1. The predicted molar refractivity (Wildman–Crippen MR) is 128 cm³/mol. The van der Waals surface area contributed by atoms with Gasteiger partial charge >= 0.3 is 5.97 Å². The number of carbonyl (C=O) groups excluding carboxylic acids is 2. The van der Waals surface area contributed by atoms with Gasteiger partial charge in [0.25, 0.3) is 0 Å². The molecule has 0 atom stereocenters. The van der Waals surface area contributed by atoms with Crippen LogP contribution < -0.4 is 24.4 Å². The molecule has 0 aliphatic carbocycles. The van der Waals surface area contributed by atoms with E-state index in [0.29, 0.717) is 35.8 Å². The van der Waals surface area contributed by atoms with Crippen LogP contribution in [0.2, 0.25) is 0 Å². The Bertz CT molecular complexity index is 1120. The lowest BCUT2D eigenvalue weighted by atomic mass is 10.1. The molecule has 0 aromatic heterocycles. The number of rotatable bonds is 10. The first-order valence-electron chi connectivity index (χ1n) is 10.5. The van der Waals surface area contributed by atoms with Crippen molar-refractivity contribution >= 4 is 18.1 Å². The van der Waals surface area contributed by atoms with Crippen LogP contribution in [-0.2, 0) is 11.2 Å². The number of methoxy groups -OCH3 is 3. The van der Waals surface area contributed by atoms with E-state index in [2.05, 4.69) is 10.5 Å². The first-order valence-corrected chi connectivity index (χ1v) is 10.5. The molecule has 176 valence electrons. The Kier molecular flexibility index (Phi) is 8.62. The van der Waals surface area contributed by atoms with Crippen molar-refractivity contribution in [3.05, 3.63) is 83.4 Å². The second kappa shape index (κ2) is 12.1. The molecule has 0 spiro atoms. The number of benzene rings is 3. The summed E-state index contributed by atoms with van der Waals surface area (Å²) in [7, 11) is 4.43. The second-order valence-corrected chi connectivity index (χ2v) is 7.15. The number of hydrazone groups is 1. The summed E-state index contributed by atoms with van der Waals surface area (Å²) in [5, 5.41) is 3.97. The van der Waals surface area contributed by atoms with E-state index in [1.165, 1.54) is 39.7 Å². The Balaban J connectivity index is 1.55. The van der Waals surface area contributed by atoms with Gasteiger partial charge in [-0.1, -0.05) is 30.3 Å². The molecular weight excluding hydrogens is 436 g/mol. The van der Waals surface area contributed by atoms with Gasteiger partial charge in [-0.25, -0.2) is 10.2 Å². The first kappa shape index (κ1) is 24.3. The summed E-state index contributed by atoms with van der Waals surface area (Å²) in [6.45, 7) is 0. The summed E-state index contributed by atoms with van der Waals surface area (Å²) in [6, 6.07) is 19.5. The van der Waals surface area contributed by atoms with Gasteiger partial charge < -0.3 is 18.9 Å². The molecule has 0 bridgehead atoms. The van der Waals surface area contributed by atoms with Crippen molar-refractivity contribution in [2.75, 3.05) is 21.3 Å². The van der Waals surface area contributed by atoms with Gasteiger partial charge in [0.05, 0.1) is 33.1 Å². The molecule has 0 saturated carbocycles. The highest BCUT2D eigenvalue weighted by Crippen LogP contribution is 2.38. The van der Waals surface area contributed by atoms with Crippen molar-refractivity contribution in [1.29, 1.82) is 0 Å². The first-order chi connectivity index (χ1) is 16.5. The summed E-state index contributed by atoms with van der Waals surface area (Å²) >= 11 is 0. The zero-order valence-corrected chi connectivity index (χ0v) is 19.2. The Morgan fingerprint density at radius 1 is 0.882 bits per heavy atom.